The molecule has 0 saturated heterocycles. The van der Waals surface area contributed by atoms with Crippen molar-refractivity contribution in [2.75, 3.05) is 4.43 Å². The number of rotatable bonds is 4. The van der Waals surface area contributed by atoms with Gasteiger partial charge in [-0.2, -0.15) is 0 Å². The summed E-state index contributed by atoms with van der Waals surface area (Å²) in [5, 5.41) is 2.57. The zero-order valence-corrected chi connectivity index (χ0v) is 14.6. The minimum Gasteiger partial charge on any atom is -0.461 e. The van der Waals surface area contributed by atoms with Crippen LogP contribution in [0, 0.1) is 0 Å². The van der Waals surface area contributed by atoms with Crippen molar-refractivity contribution in [3.63, 3.8) is 0 Å². The van der Waals surface area contributed by atoms with Gasteiger partial charge < -0.3 is 14.8 Å². The molecule has 0 spiro atoms. The number of hydrogen-bond donors (Lipinski definition) is 1. The number of ether oxygens (including phenoxy) is 2. The largest absolute Gasteiger partial charge is 0.461 e. The number of halogens is 1. The fourth-order valence-corrected chi connectivity index (χ4v) is 2.62. The molecule has 0 aromatic heterocycles. The molecule has 0 radical (unpaired) electrons. The second kappa shape index (κ2) is 8.05. The number of alkyl halides is 1. The predicted octanol–water partition coefficient (Wildman–Crippen LogP) is 3.19. The average molecular weight is 397 g/mol. The van der Waals surface area contributed by atoms with Crippen LogP contribution < -0.4 is 5.32 Å². The van der Waals surface area contributed by atoms with Crippen LogP contribution in [0.3, 0.4) is 0 Å². The lowest BCUT2D eigenvalue weighted by Gasteiger charge is -2.25. The molecule has 116 valence electrons. The predicted molar refractivity (Wildman–Crippen MR) is 85.0 cm³/mol. The van der Waals surface area contributed by atoms with Gasteiger partial charge >= 0.3 is 12.1 Å². The second-order valence-corrected chi connectivity index (χ2v) is 6.93. The molecule has 1 rings (SSSR count). The second-order valence-electron chi connectivity index (χ2n) is 6.05. The molecule has 0 bridgehead atoms. The Morgan fingerprint density at radius 3 is 2.35 bits per heavy atom. The summed E-state index contributed by atoms with van der Waals surface area (Å²) in [5.41, 5.74) is -0.576. The Morgan fingerprint density at radius 1 is 1.25 bits per heavy atom. The highest BCUT2D eigenvalue weighted by Gasteiger charge is 2.27. The van der Waals surface area contributed by atoms with Crippen LogP contribution in [-0.2, 0) is 14.3 Å². The van der Waals surface area contributed by atoms with E-state index in [1.165, 1.54) is 6.42 Å². The number of hydrogen-bond acceptors (Lipinski definition) is 4. The molecule has 1 amide bonds. The van der Waals surface area contributed by atoms with Gasteiger partial charge in [0, 0.05) is 4.43 Å². The number of carbonyl (C=O) groups excluding carboxylic acids is 2. The van der Waals surface area contributed by atoms with Gasteiger partial charge in [-0.15, -0.1) is 0 Å². The van der Waals surface area contributed by atoms with Crippen LogP contribution in [0.15, 0.2) is 0 Å². The van der Waals surface area contributed by atoms with E-state index in [-0.39, 0.29) is 12.1 Å². The Kier molecular flexibility index (Phi) is 7.05. The summed E-state index contributed by atoms with van der Waals surface area (Å²) in [4.78, 5) is 23.7. The Balaban J connectivity index is 2.43. The van der Waals surface area contributed by atoms with Crippen molar-refractivity contribution in [1.29, 1.82) is 0 Å². The van der Waals surface area contributed by atoms with Gasteiger partial charge in [0.1, 0.15) is 17.7 Å². The highest BCUT2D eigenvalue weighted by atomic mass is 127. The van der Waals surface area contributed by atoms with Gasteiger partial charge in [0.05, 0.1) is 0 Å². The summed E-state index contributed by atoms with van der Waals surface area (Å²) >= 11 is 2.06. The van der Waals surface area contributed by atoms with Gasteiger partial charge in [0.15, 0.2) is 0 Å². The van der Waals surface area contributed by atoms with Gasteiger partial charge in [-0.1, -0.05) is 29.0 Å². The molecule has 0 aromatic rings. The first kappa shape index (κ1) is 17.5. The fraction of sp³-hybridized carbons (Fsp3) is 0.857. The van der Waals surface area contributed by atoms with E-state index in [0.717, 1.165) is 25.7 Å². The zero-order chi connectivity index (χ0) is 15.2. The van der Waals surface area contributed by atoms with Gasteiger partial charge in [-0.25, -0.2) is 9.59 Å². The van der Waals surface area contributed by atoms with Crippen LogP contribution in [0.5, 0.6) is 0 Å². The maximum Gasteiger partial charge on any atom is 0.408 e. The Morgan fingerprint density at radius 2 is 1.85 bits per heavy atom. The smallest absolute Gasteiger partial charge is 0.408 e. The topological polar surface area (TPSA) is 64.6 Å². The maximum absolute atomic E-state index is 12.0. The fourth-order valence-electron chi connectivity index (χ4n) is 2.04. The van der Waals surface area contributed by atoms with Gasteiger partial charge in [-0.05, 0) is 46.5 Å². The van der Waals surface area contributed by atoms with Crippen LogP contribution in [-0.4, -0.2) is 34.2 Å². The third-order valence-corrected chi connectivity index (χ3v) is 3.85. The van der Waals surface area contributed by atoms with E-state index < -0.39 is 17.7 Å². The van der Waals surface area contributed by atoms with Crippen LogP contribution >= 0.6 is 22.6 Å². The third-order valence-electron chi connectivity index (χ3n) is 2.96. The first-order chi connectivity index (χ1) is 9.31. The van der Waals surface area contributed by atoms with E-state index in [2.05, 4.69) is 27.9 Å². The molecule has 0 heterocycles. The van der Waals surface area contributed by atoms with E-state index in [4.69, 9.17) is 9.47 Å². The lowest BCUT2D eigenvalue weighted by Crippen LogP contribution is -2.46. The quantitative estimate of drug-likeness (QED) is 0.450. The SMILES string of the molecule is CC(C)(C)OC(=O)NC(CI)C(=O)OC1CCCCC1. The maximum atomic E-state index is 12.0. The molecule has 0 aromatic carbocycles. The van der Waals surface area contributed by atoms with E-state index in [1.807, 2.05) is 0 Å². The number of alkyl carbamates (subject to hydrolysis) is 1. The first-order valence-electron chi connectivity index (χ1n) is 7.08. The van der Waals surface area contributed by atoms with Crippen molar-refractivity contribution in [2.45, 2.75) is 70.6 Å². The minimum atomic E-state index is -0.646. The van der Waals surface area contributed by atoms with E-state index in [0.29, 0.717) is 4.43 Å². The zero-order valence-electron chi connectivity index (χ0n) is 12.4. The molecule has 1 saturated carbocycles. The molecule has 1 N–H and O–H groups in total. The van der Waals surface area contributed by atoms with Crippen LogP contribution in [0.1, 0.15) is 52.9 Å². The lowest BCUT2D eigenvalue weighted by atomic mass is 9.98. The summed E-state index contributed by atoms with van der Waals surface area (Å²) in [6.45, 7) is 5.35. The minimum absolute atomic E-state index is 0.00198. The Hall–Kier alpha value is -0.530. The van der Waals surface area contributed by atoms with Crippen molar-refractivity contribution in [1.82, 2.24) is 5.32 Å². The highest BCUT2D eigenvalue weighted by Crippen LogP contribution is 2.20. The number of carbonyl (C=O) groups is 2. The molecule has 1 aliphatic rings. The van der Waals surface area contributed by atoms with Crippen molar-refractivity contribution < 1.29 is 19.1 Å². The van der Waals surface area contributed by atoms with Crippen LogP contribution in [0.2, 0.25) is 0 Å². The van der Waals surface area contributed by atoms with Crippen molar-refractivity contribution in [3.8, 4) is 0 Å². The number of nitrogens with one attached hydrogen (secondary N) is 1. The first-order valence-corrected chi connectivity index (χ1v) is 8.60. The molecule has 1 aliphatic carbocycles. The molecule has 20 heavy (non-hydrogen) atoms. The summed E-state index contributed by atoms with van der Waals surface area (Å²) in [6.07, 6.45) is 4.68. The summed E-state index contributed by atoms with van der Waals surface area (Å²) in [7, 11) is 0. The van der Waals surface area contributed by atoms with E-state index in [1.54, 1.807) is 20.8 Å². The number of esters is 1. The molecule has 0 aliphatic heterocycles. The summed E-state index contributed by atoms with van der Waals surface area (Å²) < 4.78 is 11.1. The van der Waals surface area contributed by atoms with Gasteiger partial charge in [0.2, 0.25) is 0 Å². The van der Waals surface area contributed by atoms with Crippen molar-refractivity contribution in [2.24, 2.45) is 0 Å². The van der Waals surface area contributed by atoms with Gasteiger partial charge in [-0.3, -0.25) is 0 Å². The van der Waals surface area contributed by atoms with Crippen LogP contribution in [0.4, 0.5) is 4.79 Å². The van der Waals surface area contributed by atoms with Crippen LogP contribution in [0.25, 0.3) is 0 Å². The normalized spacial score (nSPS) is 18.2. The summed E-state index contributed by atoms with van der Waals surface area (Å²) in [6, 6.07) is -0.646. The van der Waals surface area contributed by atoms with Gasteiger partial charge in [0.25, 0.3) is 0 Å². The average Bonchev–Trinajstić information content (AvgIpc) is 2.35. The van der Waals surface area contributed by atoms with Crippen molar-refractivity contribution in [3.05, 3.63) is 0 Å². The summed E-state index contributed by atoms with van der Waals surface area (Å²) in [5.74, 6) is -0.364. The standard InChI is InChI=1S/C14H24INO4/c1-14(2,3)20-13(18)16-11(9-15)12(17)19-10-7-5-4-6-8-10/h10-11H,4-9H2,1-3H3,(H,16,18). The molecule has 5 nitrogen and oxygen atoms in total. The molecular formula is C14H24INO4. The van der Waals surface area contributed by atoms with E-state index in [9.17, 15) is 9.59 Å². The molecule has 6 heteroatoms. The van der Waals surface area contributed by atoms with Crippen molar-refractivity contribution >= 4 is 34.7 Å². The van der Waals surface area contributed by atoms with E-state index >= 15 is 0 Å². The molecular weight excluding hydrogens is 373 g/mol. The number of amides is 1. The highest BCUT2D eigenvalue weighted by molar-refractivity contribution is 14.1. The lowest BCUT2D eigenvalue weighted by molar-refractivity contribution is -0.152. The Bertz CT molecular complexity index is 335. The monoisotopic (exact) mass is 397 g/mol. The molecule has 1 atom stereocenters. The molecule has 1 fully saturated rings. The Labute approximate surface area is 134 Å². The third kappa shape index (κ3) is 6.76. The molecule has 1 unspecified atom stereocenters.